The fourth-order valence-electron chi connectivity index (χ4n) is 1.72. The molecule has 0 aliphatic rings. The summed E-state index contributed by atoms with van der Waals surface area (Å²) < 4.78 is 6.40. The van der Waals surface area contributed by atoms with Crippen molar-refractivity contribution in [1.29, 1.82) is 0 Å². The molecule has 2 nitrogen and oxygen atoms in total. The van der Waals surface area contributed by atoms with Crippen LogP contribution in [0.3, 0.4) is 0 Å². The van der Waals surface area contributed by atoms with Crippen LogP contribution in [0.5, 0.6) is 0 Å². The lowest BCUT2D eigenvalue weighted by Gasteiger charge is -2.04. The van der Waals surface area contributed by atoms with Crippen molar-refractivity contribution in [3.63, 3.8) is 0 Å². The van der Waals surface area contributed by atoms with E-state index in [0.717, 1.165) is 21.4 Å². The normalized spacial score (nSPS) is 9.65. The lowest BCUT2D eigenvalue weighted by atomic mass is 10.1. The zero-order valence-corrected chi connectivity index (χ0v) is 13.2. The van der Waals surface area contributed by atoms with Gasteiger partial charge in [-0.05, 0) is 46.4 Å². The van der Waals surface area contributed by atoms with E-state index >= 15 is 0 Å². The first-order valence-corrected chi connectivity index (χ1v) is 7.40. The van der Waals surface area contributed by atoms with E-state index in [0.29, 0.717) is 0 Å². The van der Waals surface area contributed by atoms with Gasteiger partial charge in [0.1, 0.15) is 5.76 Å². The monoisotopic (exact) mass is 377 g/mol. The Morgan fingerprint density at radius 2 is 1.50 bits per heavy atom. The third kappa shape index (κ3) is 4.42. The van der Waals surface area contributed by atoms with Crippen LogP contribution >= 0.6 is 22.6 Å². The molecule has 0 saturated carbocycles. The fourth-order valence-corrected chi connectivity index (χ4v) is 2.27. The quantitative estimate of drug-likeness (QED) is 0.518. The number of anilines is 1. The Balaban J connectivity index is 0.000000205. The summed E-state index contributed by atoms with van der Waals surface area (Å²) in [4.78, 5) is 0. The lowest BCUT2D eigenvalue weighted by Crippen LogP contribution is -1.95. The molecule has 20 heavy (non-hydrogen) atoms. The number of furan rings is 1. The predicted molar refractivity (Wildman–Crippen MR) is 91.5 cm³/mol. The molecule has 0 spiro atoms. The molecule has 3 aromatic rings. The Bertz CT molecular complexity index is 594. The third-order valence-electron chi connectivity index (χ3n) is 2.72. The van der Waals surface area contributed by atoms with Gasteiger partial charge in [0.15, 0.2) is 0 Å². The number of hydrogen-bond acceptors (Lipinski definition) is 2. The van der Waals surface area contributed by atoms with E-state index in [-0.39, 0.29) is 0 Å². The molecule has 1 aromatic heterocycles. The number of rotatable bonds is 2. The maximum atomic E-state index is 5.81. The largest absolute Gasteiger partial charge is 0.469 e. The highest BCUT2D eigenvalue weighted by atomic mass is 127. The molecule has 3 rings (SSSR count). The molecule has 1 heterocycles. The molecule has 0 atom stereocenters. The molecule has 0 fully saturated rings. The van der Waals surface area contributed by atoms with Crippen molar-refractivity contribution in [2.24, 2.45) is 0 Å². The number of halogens is 1. The Labute approximate surface area is 132 Å². The van der Waals surface area contributed by atoms with Gasteiger partial charge in [0, 0.05) is 15.7 Å². The van der Waals surface area contributed by atoms with Crippen LogP contribution in [-0.2, 0) is 6.42 Å². The number of hydrogen-bond donors (Lipinski definition) is 1. The van der Waals surface area contributed by atoms with Crippen molar-refractivity contribution in [3.8, 4) is 0 Å². The molecule has 0 aliphatic heterocycles. The lowest BCUT2D eigenvalue weighted by molar-refractivity contribution is 0.520. The van der Waals surface area contributed by atoms with E-state index in [1.165, 1.54) is 5.56 Å². The molecule has 0 amide bonds. The molecule has 2 aromatic carbocycles. The Morgan fingerprint density at radius 3 is 2.05 bits per heavy atom. The van der Waals surface area contributed by atoms with Gasteiger partial charge in [-0.2, -0.15) is 0 Å². The van der Waals surface area contributed by atoms with Crippen molar-refractivity contribution in [1.82, 2.24) is 0 Å². The molecular weight excluding hydrogens is 361 g/mol. The molecule has 0 saturated heterocycles. The predicted octanol–water partition coefficient (Wildman–Crippen LogP) is 4.74. The molecule has 0 bridgehead atoms. The molecule has 0 unspecified atom stereocenters. The van der Waals surface area contributed by atoms with Crippen LogP contribution in [0.1, 0.15) is 11.3 Å². The summed E-state index contributed by atoms with van der Waals surface area (Å²) in [7, 11) is 0. The van der Waals surface area contributed by atoms with Crippen molar-refractivity contribution in [2.45, 2.75) is 6.42 Å². The molecule has 3 heteroatoms. The fraction of sp³-hybridized carbons (Fsp3) is 0.0588. The van der Waals surface area contributed by atoms with E-state index in [1.54, 1.807) is 6.26 Å². The second kappa shape index (κ2) is 7.75. The SMILES string of the molecule is Nc1cccc(Cc2ccco2)c1I.c1ccccc1. The first-order chi connectivity index (χ1) is 9.77. The number of nitrogen functional groups attached to an aromatic ring is 1. The van der Waals surface area contributed by atoms with E-state index < -0.39 is 0 Å². The Kier molecular flexibility index (Phi) is 5.68. The summed E-state index contributed by atoms with van der Waals surface area (Å²) in [6.45, 7) is 0. The van der Waals surface area contributed by atoms with E-state index in [9.17, 15) is 0 Å². The average Bonchev–Trinajstić information content (AvgIpc) is 3.00. The van der Waals surface area contributed by atoms with E-state index in [1.807, 2.05) is 60.7 Å². The Morgan fingerprint density at radius 1 is 0.850 bits per heavy atom. The van der Waals surface area contributed by atoms with E-state index in [2.05, 4.69) is 28.7 Å². The minimum absolute atomic E-state index is 0.802. The third-order valence-corrected chi connectivity index (χ3v) is 4.04. The summed E-state index contributed by atoms with van der Waals surface area (Å²) >= 11 is 2.26. The van der Waals surface area contributed by atoms with Crippen molar-refractivity contribution in [2.75, 3.05) is 5.73 Å². The maximum absolute atomic E-state index is 5.81. The zero-order chi connectivity index (χ0) is 14.2. The molecular formula is C17H16INO. The summed E-state index contributed by atoms with van der Waals surface area (Å²) in [6.07, 6.45) is 2.49. The van der Waals surface area contributed by atoms with Crippen LogP contribution in [-0.4, -0.2) is 0 Å². The zero-order valence-electron chi connectivity index (χ0n) is 11.0. The highest BCUT2D eigenvalue weighted by Crippen LogP contribution is 2.21. The van der Waals surface area contributed by atoms with Crippen LogP contribution in [0.25, 0.3) is 0 Å². The van der Waals surface area contributed by atoms with Gasteiger partial charge in [-0.15, -0.1) is 0 Å². The summed E-state index contributed by atoms with van der Waals surface area (Å²) in [5.74, 6) is 0.966. The van der Waals surface area contributed by atoms with Crippen LogP contribution in [0.4, 0.5) is 5.69 Å². The van der Waals surface area contributed by atoms with Crippen LogP contribution in [0, 0.1) is 3.57 Å². The molecule has 0 aliphatic carbocycles. The van der Waals surface area contributed by atoms with Gasteiger partial charge in [0.2, 0.25) is 0 Å². The smallest absolute Gasteiger partial charge is 0.108 e. The van der Waals surface area contributed by atoms with Crippen molar-refractivity contribution < 1.29 is 4.42 Å². The van der Waals surface area contributed by atoms with Gasteiger partial charge in [-0.1, -0.05) is 48.5 Å². The van der Waals surface area contributed by atoms with Gasteiger partial charge in [0.25, 0.3) is 0 Å². The highest BCUT2D eigenvalue weighted by Gasteiger charge is 2.04. The van der Waals surface area contributed by atoms with Crippen LogP contribution in [0.2, 0.25) is 0 Å². The molecule has 0 radical (unpaired) electrons. The van der Waals surface area contributed by atoms with Crippen LogP contribution in [0.15, 0.2) is 77.4 Å². The van der Waals surface area contributed by atoms with E-state index in [4.69, 9.17) is 10.2 Å². The minimum Gasteiger partial charge on any atom is -0.469 e. The second-order valence-corrected chi connectivity index (χ2v) is 5.31. The standard InChI is InChI=1S/C11H10INO.C6H6/c12-11-8(3-1-5-10(11)13)7-9-4-2-6-14-9;1-2-4-6-5-3-1/h1-6H,7,13H2;1-6H. The van der Waals surface area contributed by atoms with Gasteiger partial charge in [-0.25, -0.2) is 0 Å². The van der Waals surface area contributed by atoms with Gasteiger partial charge < -0.3 is 10.2 Å². The summed E-state index contributed by atoms with van der Waals surface area (Å²) in [6, 6.07) is 21.8. The van der Waals surface area contributed by atoms with Crippen LogP contribution < -0.4 is 5.73 Å². The molecule has 2 N–H and O–H groups in total. The minimum atomic E-state index is 0.802. The van der Waals surface area contributed by atoms with Crippen molar-refractivity contribution >= 4 is 28.3 Å². The molecule has 102 valence electrons. The number of nitrogens with two attached hydrogens (primary N) is 1. The van der Waals surface area contributed by atoms with Gasteiger partial charge >= 0.3 is 0 Å². The topological polar surface area (TPSA) is 39.2 Å². The first kappa shape index (κ1) is 14.7. The van der Waals surface area contributed by atoms with Crippen molar-refractivity contribution in [3.05, 3.63) is 87.9 Å². The average molecular weight is 377 g/mol. The summed E-state index contributed by atoms with van der Waals surface area (Å²) in [5.41, 5.74) is 7.85. The Hall–Kier alpha value is -1.75. The summed E-state index contributed by atoms with van der Waals surface area (Å²) in [5, 5.41) is 0. The van der Waals surface area contributed by atoms with Gasteiger partial charge in [-0.3, -0.25) is 0 Å². The highest BCUT2D eigenvalue weighted by molar-refractivity contribution is 14.1. The van der Waals surface area contributed by atoms with Gasteiger partial charge in [0.05, 0.1) is 6.26 Å². The maximum Gasteiger partial charge on any atom is 0.108 e. The first-order valence-electron chi connectivity index (χ1n) is 6.32. The number of benzene rings is 2. The second-order valence-electron chi connectivity index (χ2n) is 4.23.